The molecule has 152 valence electrons. The molecule has 2 aromatic rings. The third-order valence-corrected chi connectivity index (χ3v) is 4.65. The van der Waals surface area contributed by atoms with Crippen LogP contribution >= 0.6 is 0 Å². The summed E-state index contributed by atoms with van der Waals surface area (Å²) in [7, 11) is 0. The SMILES string of the molecule is CCCCCCCOc1ccc(NC(=O)C(C)Oc2ccc(CC)cc2)cc1. The van der Waals surface area contributed by atoms with Crippen LogP contribution in [-0.2, 0) is 11.2 Å². The van der Waals surface area contributed by atoms with Crippen LogP contribution in [0.5, 0.6) is 11.5 Å². The lowest BCUT2D eigenvalue weighted by Gasteiger charge is -2.15. The Kier molecular flexibility index (Phi) is 9.40. The zero-order valence-electron chi connectivity index (χ0n) is 17.4. The Labute approximate surface area is 169 Å². The molecule has 0 bridgehead atoms. The van der Waals surface area contributed by atoms with Gasteiger partial charge in [-0.15, -0.1) is 0 Å². The molecule has 2 rings (SSSR count). The molecule has 0 aromatic heterocycles. The molecule has 1 N–H and O–H groups in total. The Balaban J connectivity index is 1.74. The van der Waals surface area contributed by atoms with Crippen LogP contribution in [0.2, 0.25) is 0 Å². The van der Waals surface area contributed by atoms with Crippen LogP contribution in [0, 0.1) is 0 Å². The minimum atomic E-state index is -0.577. The van der Waals surface area contributed by atoms with E-state index in [4.69, 9.17) is 9.47 Å². The normalized spacial score (nSPS) is 11.7. The first-order valence-corrected chi connectivity index (χ1v) is 10.4. The number of anilines is 1. The van der Waals surface area contributed by atoms with Crippen LogP contribution in [0.25, 0.3) is 0 Å². The highest BCUT2D eigenvalue weighted by Crippen LogP contribution is 2.18. The molecule has 0 aliphatic rings. The number of unbranched alkanes of at least 4 members (excludes halogenated alkanes) is 4. The molecular formula is C24H33NO3. The smallest absolute Gasteiger partial charge is 0.265 e. The second-order valence-corrected chi connectivity index (χ2v) is 7.03. The first kappa shape index (κ1) is 21.8. The van der Waals surface area contributed by atoms with Gasteiger partial charge >= 0.3 is 0 Å². The summed E-state index contributed by atoms with van der Waals surface area (Å²) in [4.78, 5) is 12.4. The molecule has 0 radical (unpaired) electrons. The Hall–Kier alpha value is -2.49. The summed E-state index contributed by atoms with van der Waals surface area (Å²) >= 11 is 0. The van der Waals surface area contributed by atoms with Gasteiger partial charge in [0.2, 0.25) is 0 Å². The number of aryl methyl sites for hydroxylation is 1. The monoisotopic (exact) mass is 383 g/mol. The number of carbonyl (C=O) groups is 1. The Morgan fingerprint density at radius 3 is 2.18 bits per heavy atom. The van der Waals surface area contributed by atoms with E-state index < -0.39 is 6.10 Å². The summed E-state index contributed by atoms with van der Waals surface area (Å²) in [5, 5.41) is 2.88. The van der Waals surface area contributed by atoms with Gasteiger partial charge in [-0.25, -0.2) is 0 Å². The molecular weight excluding hydrogens is 350 g/mol. The van der Waals surface area contributed by atoms with Gasteiger partial charge in [0.25, 0.3) is 5.91 Å². The van der Waals surface area contributed by atoms with Crippen molar-refractivity contribution >= 4 is 11.6 Å². The summed E-state index contributed by atoms with van der Waals surface area (Å²) in [6.45, 7) is 6.80. The minimum Gasteiger partial charge on any atom is -0.494 e. The Morgan fingerprint density at radius 1 is 0.893 bits per heavy atom. The van der Waals surface area contributed by atoms with Crippen molar-refractivity contribution in [2.45, 2.75) is 65.4 Å². The summed E-state index contributed by atoms with van der Waals surface area (Å²) in [5.41, 5.74) is 1.98. The van der Waals surface area contributed by atoms with E-state index in [1.54, 1.807) is 6.92 Å². The molecule has 0 aliphatic heterocycles. The van der Waals surface area contributed by atoms with E-state index >= 15 is 0 Å². The van der Waals surface area contributed by atoms with Gasteiger partial charge in [-0.2, -0.15) is 0 Å². The zero-order valence-corrected chi connectivity index (χ0v) is 17.4. The molecule has 0 heterocycles. The molecule has 1 amide bonds. The molecule has 1 atom stereocenters. The maximum Gasteiger partial charge on any atom is 0.265 e. The van der Waals surface area contributed by atoms with Crippen molar-refractivity contribution in [1.82, 2.24) is 0 Å². The van der Waals surface area contributed by atoms with E-state index in [0.29, 0.717) is 5.75 Å². The lowest BCUT2D eigenvalue weighted by Crippen LogP contribution is -2.30. The predicted octanol–water partition coefficient (Wildman–Crippen LogP) is 6.00. The third-order valence-electron chi connectivity index (χ3n) is 4.65. The molecule has 4 nitrogen and oxygen atoms in total. The van der Waals surface area contributed by atoms with E-state index in [2.05, 4.69) is 19.2 Å². The first-order chi connectivity index (χ1) is 13.6. The van der Waals surface area contributed by atoms with Crippen molar-refractivity contribution < 1.29 is 14.3 Å². The maximum atomic E-state index is 12.4. The first-order valence-electron chi connectivity index (χ1n) is 10.4. The van der Waals surface area contributed by atoms with Gasteiger partial charge in [-0.05, 0) is 61.7 Å². The number of nitrogens with one attached hydrogen (secondary N) is 1. The molecule has 0 saturated heterocycles. The second-order valence-electron chi connectivity index (χ2n) is 7.03. The lowest BCUT2D eigenvalue weighted by molar-refractivity contribution is -0.122. The number of rotatable bonds is 12. The molecule has 0 saturated carbocycles. The van der Waals surface area contributed by atoms with Crippen LogP contribution in [0.3, 0.4) is 0 Å². The summed E-state index contributed by atoms with van der Waals surface area (Å²) in [6.07, 6.45) is 6.51. The summed E-state index contributed by atoms with van der Waals surface area (Å²) in [6, 6.07) is 15.3. The van der Waals surface area contributed by atoms with Gasteiger partial charge in [0.15, 0.2) is 6.10 Å². The van der Waals surface area contributed by atoms with Crippen molar-refractivity contribution in [3.05, 3.63) is 54.1 Å². The van der Waals surface area contributed by atoms with Gasteiger partial charge < -0.3 is 14.8 Å². The largest absolute Gasteiger partial charge is 0.494 e. The molecule has 28 heavy (non-hydrogen) atoms. The summed E-state index contributed by atoms with van der Waals surface area (Å²) in [5.74, 6) is 1.35. The fourth-order valence-corrected chi connectivity index (χ4v) is 2.84. The highest BCUT2D eigenvalue weighted by Gasteiger charge is 2.15. The molecule has 0 spiro atoms. The second kappa shape index (κ2) is 12.1. The van der Waals surface area contributed by atoms with E-state index in [1.807, 2.05) is 48.5 Å². The van der Waals surface area contributed by atoms with Gasteiger partial charge in [0.05, 0.1) is 6.61 Å². The number of amides is 1. The topological polar surface area (TPSA) is 47.6 Å². The average molecular weight is 384 g/mol. The Bertz CT molecular complexity index is 695. The van der Waals surface area contributed by atoms with E-state index in [1.165, 1.54) is 31.2 Å². The van der Waals surface area contributed by atoms with Crippen molar-refractivity contribution in [2.24, 2.45) is 0 Å². The number of benzene rings is 2. The molecule has 0 fully saturated rings. The van der Waals surface area contributed by atoms with Gasteiger partial charge in [0.1, 0.15) is 11.5 Å². The zero-order chi connectivity index (χ0) is 20.2. The predicted molar refractivity (Wildman–Crippen MR) is 115 cm³/mol. The van der Waals surface area contributed by atoms with Crippen molar-refractivity contribution in [3.63, 3.8) is 0 Å². The quantitative estimate of drug-likeness (QED) is 0.457. The molecule has 0 aliphatic carbocycles. The van der Waals surface area contributed by atoms with Crippen LogP contribution in [0.1, 0.15) is 58.4 Å². The average Bonchev–Trinajstić information content (AvgIpc) is 2.72. The van der Waals surface area contributed by atoms with Gasteiger partial charge in [-0.1, -0.05) is 51.7 Å². The van der Waals surface area contributed by atoms with Crippen LogP contribution < -0.4 is 14.8 Å². The van der Waals surface area contributed by atoms with Gasteiger partial charge in [-0.3, -0.25) is 4.79 Å². The lowest BCUT2D eigenvalue weighted by atomic mass is 10.2. The maximum absolute atomic E-state index is 12.4. The highest BCUT2D eigenvalue weighted by atomic mass is 16.5. The van der Waals surface area contributed by atoms with Crippen LogP contribution in [0.15, 0.2) is 48.5 Å². The van der Waals surface area contributed by atoms with E-state index in [0.717, 1.165) is 30.9 Å². The molecule has 2 aromatic carbocycles. The number of ether oxygens (including phenoxy) is 2. The third kappa shape index (κ3) is 7.63. The standard InChI is InChI=1S/C24H33NO3/c1-4-6-7-8-9-18-27-22-16-12-21(13-17-22)25-24(26)19(3)28-23-14-10-20(5-2)11-15-23/h10-17,19H,4-9,18H2,1-3H3,(H,25,26). The van der Waals surface area contributed by atoms with Gasteiger partial charge in [0, 0.05) is 5.69 Å². The fraction of sp³-hybridized carbons (Fsp3) is 0.458. The van der Waals surface area contributed by atoms with Crippen LogP contribution in [-0.4, -0.2) is 18.6 Å². The van der Waals surface area contributed by atoms with Crippen molar-refractivity contribution in [3.8, 4) is 11.5 Å². The summed E-state index contributed by atoms with van der Waals surface area (Å²) < 4.78 is 11.5. The number of carbonyl (C=O) groups excluding carboxylic acids is 1. The number of hydrogen-bond donors (Lipinski definition) is 1. The van der Waals surface area contributed by atoms with Crippen molar-refractivity contribution in [2.75, 3.05) is 11.9 Å². The van der Waals surface area contributed by atoms with Crippen molar-refractivity contribution in [1.29, 1.82) is 0 Å². The molecule has 1 unspecified atom stereocenters. The van der Waals surface area contributed by atoms with Crippen LogP contribution in [0.4, 0.5) is 5.69 Å². The highest BCUT2D eigenvalue weighted by molar-refractivity contribution is 5.94. The van der Waals surface area contributed by atoms with E-state index in [-0.39, 0.29) is 5.91 Å². The molecule has 4 heteroatoms. The minimum absolute atomic E-state index is 0.177. The Morgan fingerprint density at radius 2 is 1.54 bits per heavy atom. The van der Waals surface area contributed by atoms with E-state index in [9.17, 15) is 4.79 Å². The fourth-order valence-electron chi connectivity index (χ4n) is 2.84. The number of hydrogen-bond acceptors (Lipinski definition) is 3.